The highest BCUT2D eigenvalue weighted by molar-refractivity contribution is 7.89. The first-order valence-electron chi connectivity index (χ1n) is 7.32. The molecular formula is C15H24N2O6S. The van der Waals surface area contributed by atoms with Gasteiger partial charge in [0, 0.05) is 25.3 Å². The number of carbonyl (C=O) groups is 1. The summed E-state index contributed by atoms with van der Waals surface area (Å²) in [5, 5.41) is 2.56. The quantitative estimate of drug-likeness (QED) is 0.626. The van der Waals surface area contributed by atoms with Crippen LogP contribution in [0.15, 0.2) is 18.2 Å². The Morgan fingerprint density at radius 2 is 1.83 bits per heavy atom. The monoisotopic (exact) mass is 360 g/mol. The van der Waals surface area contributed by atoms with Gasteiger partial charge >= 0.3 is 0 Å². The standard InChI is InChI=1S/C15H24N2O6S/c1-11(10-21-2)17-24(19,20)8-7-16-15(18)12-5-6-13(22-3)14(9-12)23-4/h5-6,9,11,17H,7-8,10H2,1-4H3,(H,16,18)/t11-/m0/s1. The van der Waals surface area contributed by atoms with Gasteiger partial charge in [-0.15, -0.1) is 0 Å². The van der Waals surface area contributed by atoms with E-state index in [9.17, 15) is 13.2 Å². The van der Waals surface area contributed by atoms with Crippen molar-refractivity contribution < 1.29 is 27.4 Å². The van der Waals surface area contributed by atoms with E-state index < -0.39 is 15.9 Å². The minimum absolute atomic E-state index is 0.0117. The van der Waals surface area contributed by atoms with Crippen molar-refractivity contribution in [2.45, 2.75) is 13.0 Å². The number of sulfonamides is 1. The van der Waals surface area contributed by atoms with Crippen LogP contribution in [0.4, 0.5) is 0 Å². The number of hydrogen-bond acceptors (Lipinski definition) is 6. The summed E-state index contributed by atoms with van der Waals surface area (Å²) in [6.45, 7) is 1.96. The van der Waals surface area contributed by atoms with Crippen LogP contribution in [-0.2, 0) is 14.8 Å². The average molecular weight is 360 g/mol. The Bertz CT molecular complexity index is 647. The summed E-state index contributed by atoms with van der Waals surface area (Å²) in [5.41, 5.74) is 0.353. The minimum Gasteiger partial charge on any atom is -0.493 e. The number of ether oxygens (including phenoxy) is 3. The highest BCUT2D eigenvalue weighted by Gasteiger charge is 2.15. The van der Waals surface area contributed by atoms with Gasteiger partial charge in [-0.05, 0) is 25.1 Å². The van der Waals surface area contributed by atoms with Crippen LogP contribution in [0.2, 0.25) is 0 Å². The lowest BCUT2D eigenvalue weighted by molar-refractivity contribution is 0.0955. The molecule has 0 spiro atoms. The summed E-state index contributed by atoms with van der Waals surface area (Å²) in [6, 6.07) is 4.38. The number of hydrogen-bond donors (Lipinski definition) is 2. The number of carbonyl (C=O) groups excluding carboxylic acids is 1. The molecular weight excluding hydrogens is 336 g/mol. The fourth-order valence-corrected chi connectivity index (χ4v) is 3.20. The summed E-state index contributed by atoms with van der Waals surface area (Å²) in [6.07, 6.45) is 0. The third kappa shape index (κ3) is 6.34. The molecule has 136 valence electrons. The second-order valence-electron chi connectivity index (χ2n) is 5.12. The zero-order valence-corrected chi connectivity index (χ0v) is 15.1. The first-order valence-corrected chi connectivity index (χ1v) is 8.97. The molecule has 9 heteroatoms. The zero-order valence-electron chi connectivity index (χ0n) is 14.3. The Balaban J connectivity index is 2.57. The molecule has 0 aliphatic heterocycles. The van der Waals surface area contributed by atoms with Crippen molar-refractivity contribution in [1.82, 2.24) is 10.0 Å². The van der Waals surface area contributed by atoms with E-state index in [1.54, 1.807) is 19.1 Å². The van der Waals surface area contributed by atoms with Crippen LogP contribution in [0, 0.1) is 0 Å². The fraction of sp³-hybridized carbons (Fsp3) is 0.533. The van der Waals surface area contributed by atoms with Crippen molar-refractivity contribution in [2.24, 2.45) is 0 Å². The van der Waals surface area contributed by atoms with E-state index in [2.05, 4.69) is 10.0 Å². The van der Waals surface area contributed by atoms with Gasteiger partial charge in [-0.25, -0.2) is 13.1 Å². The number of rotatable bonds is 10. The summed E-state index contributed by atoms with van der Waals surface area (Å²) >= 11 is 0. The van der Waals surface area contributed by atoms with Gasteiger partial charge in [0.05, 0.1) is 26.6 Å². The molecule has 0 saturated carbocycles. The number of nitrogens with one attached hydrogen (secondary N) is 2. The molecule has 0 unspecified atom stereocenters. The molecule has 2 N–H and O–H groups in total. The van der Waals surface area contributed by atoms with Crippen molar-refractivity contribution in [1.29, 1.82) is 0 Å². The summed E-state index contributed by atoms with van der Waals surface area (Å²) in [7, 11) is 0.972. The molecule has 0 aliphatic carbocycles. The second-order valence-corrected chi connectivity index (χ2v) is 6.99. The Morgan fingerprint density at radius 1 is 1.17 bits per heavy atom. The maximum Gasteiger partial charge on any atom is 0.251 e. The predicted molar refractivity (Wildman–Crippen MR) is 90.1 cm³/mol. The molecule has 0 aromatic heterocycles. The first kappa shape index (κ1) is 20.2. The molecule has 0 saturated heterocycles. The van der Waals surface area contributed by atoms with Crippen molar-refractivity contribution in [3.63, 3.8) is 0 Å². The highest BCUT2D eigenvalue weighted by Crippen LogP contribution is 2.27. The van der Waals surface area contributed by atoms with Gasteiger partial charge in [0.1, 0.15) is 0 Å². The van der Waals surface area contributed by atoms with Crippen LogP contribution < -0.4 is 19.5 Å². The molecule has 24 heavy (non-hydrogen) atoms. The maximum absolute atomic E-state index is 12.1. The Kier molecular flexibility index (Phi) is 7.96. The third-order valence-electron chi connectivity index (χ3n) is 3.10. The van der Waals surface area contributed by atoms with Crippen LogP contribution in [0.3, 0.4) is 0 Å². The lowest BCUT2D eigenvalue weighted by atomic mass is 10.2. The van der Waals surface area contributed by atoms with E-state index in [4.69, 9.17) is 14.2 Å². The predicted octanol–water partition coefficient (Wildman–Crippen LogP) is 0.388. The van der Waals surface area contributed by atoms with E-state index in [-0.39, 0.29) is 24.9 Å². The van der Waals surface area contributed by atoms with E-state index in [1.165, 1.54) is 27.4 Å². The lowest BCUT2D eigenvalue weighted by Gasteiger charge is -2.13. The van der Waals surface area contributed by atoms with Crippen LogP contribution >= 0.6 is 0 Å². The molecule has 1 aromatic rings. The van der Waals surface area contributed by atoms with Gasteiger partial charge in [0.25, 0.3) is 5.91 Å². The zero-order chi connectivity index (χ0) is 18.2. The Morgan fingerprint density at radius 3 is 2.42 bits per heavy atom. The molecule has 0 aliphatic rings. The van der Waals surface area contributed by atoms with Crippen LogP contribution in [0.1, 0.15) is 17.3 Å². The Hall–Kier alpha value is -1.84. The summed E-state index contributed by atoms with van der Waals surface area (Å²) in [4.78, 5) is 12.1. The minimum atomic E-state index is -3.49. The van der Waals surface area contributed by atoms with Crippen LogP contribution in [0.25, 0.3) is 0 Å². The van der Waals surface area contributed by atoms with Crippen LogP contribution in [-0.4, -0.2) is 60.6 Å². The summed E-state index contributed by atoms with van der Waals surface area (Å²) in [5.74, 6) is 0.317. The number of benzene rings is 1. The Labute approximate surface area is 142 Å². The number of methoxy groups -OCH3 is 3. The molecule has 0 radical (unpaired) electrons. The van der Waals surface area contributed by atoms with Crippen molar-refractivity contribution in [3.05, 3.63) is 23.8 Å². The molecule has 1 aromatic carbocycles. The van der Waals surface area contributed by atoms with E-state index >= 15 is 0 Å². The van der Waals surface area contributed by atoms with Crippen molar-refractivity contribution >= 4 is 15.9 Å². The fourth-order valence-electron chi connectivity index (χ4n) is 2.03. The first-order chi connectivity index (χ1) is 11.3. The van der Waals surface area contributed by atoms with Gasteiger partial charge in [-0.2, -0.15) is 0 Å². The van der Waals surface area contributed by atoms with Crippen molar-refractivity contribution in [2.75, 3.05) is 40.2 Å². The smallest absolute Gasteiger partial charge is 0.251 e. The molecule has 0 fully saturated rings. The molecule has 0 bridgehead atoms. The van der Waals surface area contributed by atoms with Gasteiger partial charge in [-0.3, -0.25) is 4.79 Å². The van der Waals surface area contributed by atoms with Crippen molar-refractivity contribution in [3.8, 4) is 11.5 Å². The van der Waals surface area contributed by atoms with Gasteiger partial charge in [-0.1, -0.05) is 0 Å². The van der Waals surface area contributed by atoms with Gasteiger partial charge < -0.3 is 19.5 Å². The van der Waals surface area contributed by atoms with Gasteiger partial charge in [0.2, 0.25) is 10.0 Å². The van der Waals surface area contributed by atoms with Crippen LogP contribution in [0.5, 0.6) is 11.5 Å². The molecule has 8 nitrogen and oxygen atoms in total. The lowest BCUT2D eigenvalue weighted by Crippen LogP contribution is -2.40. The summed E-state index contributed by atoms with van der Waals surface area (Å²) < 4.78 is 41.3. The largest absolute Gasteiger partial charge is 0.493 e. The SMILES string of the molecule is COC[C@H](C)NS(=O)(=O)CCNC(=O)c1ccc(OC)c(OC)c1. The van der Waals surface area contributed by atoms with E-state index in [0.29, 0.717) is 17.1 Å². The average Bonchev–Trinajstić information content (AvgIpc) is 2.53. The third-order valence-corrected chi connectivity index (χ3v) is 4.60. The van der Waals surface area contributed by atoms with Gasteiger partial charge in [0.15, 0.2) is 11.5 Å². The molecule has 0 heterocycles. The second kappa shape index (κ2) is 9.45. The maximum atomic E-state index is 12.1. The van der Waals surface area contributed by atoms with E-state index in [1.807, 2.05) is 0 Å². The number of amides is 1. The highest BCUT2D eigenvalue weighted by atomic mass is 32.2. The molecule has 1 rings (SSSR count). The topological polar surface area (TPSA) is 103 Å². The van der Waals surface area contributed by atoms with E-state index in [0.717, 1.165) is 0 Å². The normalized spacial score (nSPS) is 12.5. The molecule has 1 amide bonds. The molecule has 1 atom stereocenters.